The average Bonchev–Trinajstić information content (AvgIpc) is 3.48. The third-order valence-electron chi connectivity index (χ3n) is 10.4. The number of methoxy groups -OCH3 is 2. The molecular formula is C35H41N3O4. The van der Waals surface area contributed by atoms with Crippen molar-refractivity contribution >= 4 is 17.5 Å². The van der Waals surface area contributed by atoms with Crippen molar-refractivity contribution < 1.29 is 19.1 Å². The molecule has 0 saturated heterocycles. The lowest BCUT2D eigenvalue weighted by molar-refractivity contribution is -0.160. The Morgan fingerprint density at radius 1 is 0.905 bits per heavy atom. The minimum Gasteiger partial charge on any atom is -0.497 e. The van der Waals surface area contributed by atoms with Crippen molar-refractivity contribution in [3.8, 4) is 17.2 Å². The number of rotatable bonds is 7. The van der Waals surface area contributed by atoms with Gasteiger partial charge in [-0.3, -0.25) is 14.5 Å². The second-order valence-electron chi connectivity index (χ2n) is 13.3. The maximum Gasteiger partial charge on any atom is 0.247 e. The molecule has 7 nitrogen and oxygen atoms in total. The van der Waals surface area contributed by atoms with Crippen molar-refractivity contribution in [2.75, 3.05) is 25.7 Å². The zero-order valence-electron chi connectivity index (χ0n) is 25.1. The predicted molar refractivity (Wildman–Crippen MR) is 162 cm³/mol. The Hall–Kier alpha value is -3.74. The Balaban J connectivity index is 1.29. The Morgan fingerprint density at radius 3 is 2.19 bits per heavy atom. The van der Waals surface area contributed by atoms with Crippen LogP contribution in [-0.2, 0) is 9.59 Å². The third kappa shape index (κ3) is 4.23. The maximum atomic E-state index is 14.7. The number of anilines is 1. The van der Waals surface area contributed by atoms with Gasteiger partial charge in [0.05, 0.1) is 36.7 Å². The van der Waals surface area contributed by atoms with Crippen molar-refractivity contribution in [2.45, 2.75) is 64.5 Å². The van der Waals surface area contributed by atoms with Gasteiger partial charge in [-0.15, -0.1) is 0 Å². The van der Waals surface area contributed by atoms with E-state index in [1.54, 1.807) is 14.2 Å². The highest BCUT2D eigenvalue weighted by molar-refractivity contribution is 6.01. The van der Waals surface area contributed by atoms with Gasteiger partial charge in [-0.2, -0.15) is 0 Å². The Bertz CT molecular complexity index is 1490. The van der Waals surface area contributed by atoms with Crippen molar-refractivity contribution in [1.29, 1.82) is 0 Å². The van der Waals surface area contributed by atoms with Crippen LogP contribution in [0.25, 0.3) is 5.69 Å². The zero-order valence-corrected chi connectivity index (χ0v) is 25.1. The number of hydrogen-bond acceptors (Lipinski definition) is 4. The van der Waals surface area contributed by atoms with Gasteiger partial charge in [-0.25, -0.2) is 0 Å². The maximum absolute atomic E-state index is 14.7. The van der Waals surface area contributed by atoms with Gasteiger partial charge in [-0.05, 0) is 113 Å². The summed E-state index contributed by atoms with van der Waals surface area (Å²) in [5, 5.41) is 0. The molecule has 5 aliphatic rings. The molecule has 4 bridgehead atoms. The van der Waals surface area contributed by atoms with E-state index in [-0.39, 0.29) is 29.8 Å². The molecule has 0 radical (unpaired) electrons. The molecule has 0 spiro atoms. The fourth-order valence-corrected chi connectivity index (χ4v) is 9.00. The summed E-state index contributed by atoms with van der Waals surface area (Å²) in [4.78, 5) is 33.0. The number of benzene rings is 2. The fraction of sp³-hybridized carbons (Fsp3) is 0.486. The number of carbonyl (C=O) groups excluding carboxylic acids is 2. The van der Waals surface area contributed by atoms with E-state index in [4.69, 9.17) is 9.47 Å². The van der Waals surface area contributed by atoms with Crippen molar-refractivity contribution in [1.82, 2.24) is 9.47 Å². The van der Waals surface area contributed by atoms with Crippen LogP contribution in [0.2, 0.25) is 0 Å². The van der Waals surface area contributed by atoms with Crippen LogP contribution in [-0.4, -0.2) is 48.1 Å². The minimum atomic E-state index is -0.462. The van der Waals surface area contributed by atoms with Gasteiger partial charge in [0.1, 0.15) is 24.1 Å². The molecule has 1 aliphatic heterocycles. The quantitative estimate of drug-likeness (QED) is 0.332. The summed E-state index contributed by atoms with van der Waals surface area (Å²) in [5.74, 6) is 3.45. The van der Waals surface area contributed by atoms with E-state index in [0.29, 0.717) is 29.3 Å². The van der Waals surface area contributed by atoms with E-state index >= 15 is 0 Å². The first-order chi connectivity index (χ1) is 20.3. The first-order valence-electron chi connectivity index (χ1n) is 15.4. The Kier molecular flexibility index (Phi) is 6.59. The highest BCUT2D eigenvalue weighted by atomic mass is 16.5. The van der Waals surface area contributed by atoms with E-state index < -0.39 is 6.04 Å². The minimum absolute atomic E-state index is 0.0378. The molecule has 2 heterocycles. The molecule has 1 aromatic heterocycles. The molecule has 2 amide bonds. The topological polar surface area (TPSA) is 64.0 Å². The highest BCUT2D eigenvalue weighted by Crippen LogP contribution is 2.60. The largest absolute Gasteiger partial charge is 0.497 e. The number of hydrogen-bond donors (Lipinski definition) is 0. The van der Waals surface area contributed by atoms with E-state index in [1.165, 1.54) is 19.3 Å². The molecule has 7 heteroatoms. The predicted octanol–water partition coefficient (Wildman–Crippen LogP) is 6.38. The first-order valence-corrected chi connectivity index (χ1v) is 15.4. The monoisotopic (exact) mass is 567 g/mol. The molecule has 0 N–H and O–H groups in total. The molecule has 4 fully saturated rings. The number of amides is 2. The van der Waals surface area contributed by atoms with E-state index in [1.807, 2.05) is 78.4 Å². The number of para-hydroxylation sites is 2. The lowest BCUT2D eigenvalue weighted by Crippen LogP contribution is -2.57. The summed E-state index contributed by atoms with van der Waals surface area (Å²) in [7, 11) is 3.29. The summed E-state index contributed by atoms with van der Waals surface area (Å²) >= 11 is 0. The summed E-state index contributed by atoms with van der Waals surface area (Å²) in [5.41, 5.74) is 3.24. The summed E-state index contributed by atoms with van der Waals surface area (Å²) in [6.07, 6.45) is 8.83. The summed E-state index contributed by atoms with van der Waals surface area (Å²) in [6.45, 7) is 4.13. The molecule has 2 aromatic carbocycles. The SMILES string of the molecule is COc1ccc(OC)c([C@@H]2c3cccn3-c3ccccc3N2C(=O)CN(C(=O)C23CC4CC(CC(C4)C2)C3)C(C)C)c1. The van der Waals surface area contributed by atoms with Crippen LogP contribution in [0, 0.1) is 23.2 Å². The lowest BCUT2D eigenvalue weighted by atomic mass is 9.49. The number of aromatic nitrogens is 1. The van der Waals surface area contributed by atoms with Gasteiger partial charge in [-0.1, -0.05) is 12.1 Å². The number of fused-ring (bicyclic) bond motifs is 3. The molecule has 1 atom stereocenters. The molecular weight excluding hydrogens is 526 g/mol. The van der Waals surface area contributed by atoms with E-state index in [2.05, 4.69) is 10.6 Å². The van der Waals surface area contributed by atoms with Gasteiger partial charge in [0.2, 0.25) is 11.8 Å². The molecule has 8 rings (SSSR count). The van der Waals surface area contributed by atoms with E-state index in [9.17, 15) is 9.59 Å². The zero-order chi connectivity index (χ0) is 29.2. The van der Waals surface area contributed by atoms with Gasteiger partial charge in [0.15, 0.2) is 0 Å². The molecule has 4 saturated carbocycles. The Morgan fingerprint density at radius 2 is 1.57 bits per heavy atom. The van der Waals surface area contributed by atoms with Crippen LogP contribution in [0.15, 0.2) is 60.8 Å². The molecule has 4 aliphatic carbocycles. The van der Waals surface area contributed by atoms with Gasteiger partial charge in [0, 0.05) is 17.8 Å². The van der Waals surface area contributed by atoms with Crippen molar-refractivity contribution in [3.05, 3.63) is 72.1 Å². The summed E-state index contributed by atoms with van der Waals surface area (Å²) in [6, 6.07) is 17.2. The molecule has 0 unspecified atom stereocenters. The van der Waals surface area contributed by atoms with Crippen LogP contribution in [0.4, 0.5) is 5.69 Å². The number of nitrogens with zero attached hydrogens (tertiary/aromatic N) is 3. The smallest absolute Gasteiger partial charge is 0.247 e. The van der Waals surface area contributed by atoms with Crippen LogP contribution in [0.5, 0.6) is 11.5 Å². The first kappa shape index (κ1) is 27.1. The normalized spacial score (nSPS) is 27.0. The van der Waals surface area contributed by atoms with Gasteiger partial charge < -0.3 is 18.9 Å². The van der Waals surface area contributed by atoms with Crippen LogP contribution < -0.4 is 14.4 Å². The standard InChI is InChI=1S/C35H41N3O4/c1-22(2)37(34(40)35-18-23-14-24(19-35)16-25(15-23)20-35)21-32(39)38-29-9-6-5-8-28(29)36-13-7-10-30(36)33(38)27-17-26(41-3)11-12-31(27)42-4/h5-13,17,22-25,33H,14-16,18-21H2,1-4H3/t23?,24?,25?,33-,35?/m1/s1. The fourth-order valence-electron chi connectivity index (χ4n) is 9.00. The average molecular weight is 568 g/mol. The van der Waals surface area contributed by atoms with Crippen LogP contribution in [0.1, 0.15) is 69.7 Å². The van der Waals surface area contributed by atoms with Gasteiger partial charge >= 0.3 is 0 Å². The van der Waals surface area contributed by atoms with Crippen LogP contribution in [0.3, 0.4) is 0 Å². The second kappa shape index (κ2) is 10.2. The number of ether oxygens (including phenoxy) is 2. The van der Waals surface area contributed by atoms with E-state index in [0.717, 1.165) is 41.9 Å². The molecule has 3 aromatic rings. The van der Waals surface area contributed by atoms with Crippen molar-refractivity contribution in [3.63, 3.8) is 0 Å². The van der Waals surface area contributed by atoms with Gasteiger partial charge in [0.25, 0.3) is 0 Å². The van der Waals surface area contributed by atoms with Crippen molar-refractivity contribution in [2.24, 2.45) is 23.2 Å². The number of carbonyl (C=O) groups is 2. The highest BCUT2D eigenvalue weighted by Gasteiger charge is 2.56. The molecule has 220 valence electrons. The molecule has 42 heavy (non-hydrogen) atoms. The Labute approximate surface area is 248 Å². The lowest BCUT2D eigenvalue weighted by Gasteiger charge is -2.57. The second-order valence-corrected chi connectivity index (χ2v) is 13.3. The third-order valence-corrected chi connectivity index (χ3v) is 10.4. The summed E-state index contributed by atoms with van der Waals surface area (Å²) < 4.78 is 13.6. The van der Waals surface area contributed by atoms with Crippen LogP contribution >= 0.6 is 0 Å².